The van der Waals surface area contributed by atoms with Crippen molar-refractivity contribution >= 4 is 23.4 Å². The number of amides is 2. The summed E-state index contributed by atoms with van der Waals surface area (Å²) in [4.78, 5) is 35.9. The lowest BCUT2D eigenvalue weighted by Crippen LogP contribution is -2.40. The second-order valence-corrected chi connectivity index (χ2v) is 9.43. The van der Waals surface area contributed by atoms with E-state index in [4.69, 9.17) is 19.7 Å². The Balaban J connectivity index is 1.52. The summed E-state index contributed by atoms with van der Waals surface area (Å²) in [6, 6.07) is 9.51. The number of carbonyl (C=O) groups is 1. The minimum atomic E-state index is -0.223. The minimum Gasteiger partial charge on any atom is -0.378 e. The number of hydrogen-bond donors (Lipinski definition) is 2. The van der Waals surface area contributed by atoms with Gasteiger partial charge in [0.1, 0.15) is 17.5 Å². The molecule has 0 aliphatic carbocycles. The SMILES string of the molecule is CCNC(=O)Nc1ccc(-c2nc3c(c(N4CCOCC4)n2)CCN(c2cc(C)nc(C)n2)[C@@H]3C)cc1. The molecule has 194 valence electrons. The van der Waals surface area contributed by atoms with E-state index in [1.807, 2.05) is 51.1 Å². The molecule has 1 saturated heterocycles. The molecule has 1 atom stereocenters. The summed E-state index contributed by atoms with van der Waals surface area (Å²) in [5.74, 6) is 3.37. The van der Waals surface area contributed by atoms with E-state index in [9.17, 15) is 4.79 Å². The molecule has 2 aliphatic rings. The topological polar surface area (TPSA) is 108 Å². The quantitative estimate of drug-likeness (QED) is 0.544. The number of ether oxygens (including phenoxy) is 1. The van der Waals surface area contributed by atoms with Crippen LogP contribution in [0.3, 0.4) is 0 Å². The number of nitrogens with zero attached hydrogens (tertiary/aromatic N) is 6. The molecule has 10 heteroatoms. The van der Waals surface area contributed by atoms with Crippen molar-refractivity contribution in [3.63, 3.8) is 0 Å². The highest BCUT2D eigenvalue weighted by atomic mass is 16.5. The number of urea groups is 1. The van der Waals surface area contributed by atoms with Crippen molar-refractivity contribution in [1.29, 1.82) is 0 Å². The number of carbonyl (C=O) groups excluding carboxylic acids is 1. The Morgan fingerprint density at radius 3 is 2.51 bits per heavy atom. The monoisotopic (exact) mass is 502 g/mol. The van der Waals surface area contributed by atoms with Crippen molar-refractivity contribution in [2.45, 2.75) is 40.2 Å². The first-order chi connectivity index (χ1) is 17.9. The molecule has 4 heterocycles. The number of anilines is 3. The highest BCUT2D eigenvalue weighted by molar-refractivity contribution is 5.89. The van der Waals surface area contributed by atoms with E-state index in [0.717, 1.165) is 66.2 Å². The first kappa shape index (κ1) is 24.9. The van der Waals surface area contributed by atoms with Crippen molar-refractivity contribution in [2.24, 2.45) is 0 Å². The number of nitrogens with one attached hydrogen (secondary N) is 2. The Labute approximate surface area is 217 Å². The Hall–Kier alpha value is -3.79. The van der Waals surface area contributed by atoms with Crippen LogP contribution < -0.4 is 20.4 Å². The van der Waals surface area contributed by atoms with Crippen molar-refractivity contribution in [3.8, 4) is 11.4 Å². The average Bonchev–Trinajstić information content (AvgIpc) is 2.89. The highest BCUT2D eigenvalue weighted by Gasteiger charge is 2.32. The van der Waals surface area contributed by atoms with Crippen molar-refractivity contribution in [1.82, 2.24) is 25.3 Å². The van der Waals surface area contributed by atoms with Gasteiger partial charge in [0.15, 0.2) is 5.82 Å². The third-order valence-electron chi connectivity index (χ3n) is 6.78. The fraction of sp³-hybridized carbons (Fsp3) is 0.444. The highest BCUT2D eigenvalue weighted by Crippen LogP contribution is 2.37. The number of aryl methyl sites for hydroxylation is 2. The summed E-state index contributed by atoms with van der Waals surface area (Å²) in [6.07, 6.45) is 0.837. The van der Waals surface area contributed by atoms with E-state index < -0.39 is 0 Å². The predicted molar refractivity (Wildman–Crippen MR) is 144 cm³/mol. The molecule has 0 bridgehead atoms. The smallest absolute Gasteiger partial charge is 0.319 e. The maximum Gasteiger partial charge on any atom is 0.319 e. The van der Waals surface area contributed by atoms with Gasteiger partial charge in [0.2, 0.25) is 0 Å². The van der Waals surface area contributed by atoms with Crippen LogP contribution >= 0.6 is 0 Å². The van der Waals surface area contributed by atoms with Crippen LogP contribution in [0.2, 0.25) is 0 Å². The molecule has 5 rings (SSSR count). The molecular formula is C27H34N8O2. The van der Waals surface area contributed by atoms with E-state index in [0.29, 0.717) is 25.6 Å². The van der Waals surface area contributed by atoms with Crippen molar-refractivity contribution in [3.05, 3.63) is 53.1 Å². The summed E-state index contributed by atoms with van der Waals surface area (Å²) in [7, 11) is 0. The zero-order valence-corrected chi connectivity index (χ0v) is 21.9. The van der Waals surface area contributed by atoms with Gasteiger partial charge in [0.05, 0.1) is 24.9 Å². The summed E-state index contributed by atoms with van der Waals surface area (Å²) in [5.41, 5.74) is 4.80. The van der Waals surface area contributed by atoms with Crippen LogP contribution in [0.25, 0.3) is 11.4 Å². The Kier molecular flexibility index (Phi) is 7.18. The van der Waals surface area contributed by atoms with Gasteiger partial charge in [-0.05, 0) is 58.4 Å². The molecule has 2 amide bonds. The number of fused-ring (bicyclic) bond motifs is 1. The molecule has 37 heavy (non-hydrogen) atoms. The number of morpholine rings is 1. The Morgan fingerprint density at radius 1 is 1.05 bits per heavy atom. The van der Waals surface area contributed by atoms with E-state index >= 15 is 0 Å². The van der Waals surface area contributed by atoms with Gasteiger partial charge in [-0.2, -0.15) is 0 Å². The predicted octanol–water partition coefficient (Wildman–Crippen LogP) is 3.65. The number of rotatable bonds is 5. The van der Waals surface area contributed by atoms with E-state index in [1.54, 1.807) is 0 Å². The normalized spacial score (nSPS) is 17.4. The molecular weight excluding hydrogens is 468 g/mol. The van der Waals surface area contributed by atoms with Crippen LogP contribution in [-0.2, 0) is 11.2 Å². The number of benzene rings is 1. The molecule has 3 aromatic rings. The molecule has 0 unspecified atom stereocenters. The largest absolute Gasteiger partial charge is 0.378 e. The summed E-state index contributed by atoms with van der Waals surface area (Å²) in [6.45, 7) is 12.4. The molecule has 2 aromatic heterocycles. The van der Waals surface area contributed by atoms with Gasteiger partial charge in [-0.15, -0.1) is 0 Å². The van der Waals surface area contributed by atoms with Crippen LogP contribution in [-0.4, -0.2) is 65.4 Å². The fourth-order valence-corrected chi connectivity index (χ4v) is 5.01. The molecule has 10 nitrogen and oxygen atoms in total. The lowest BCUT2D eigenvalue weighted by molar-refractivity contribution is 0.122. The molecule has 1 aromatic carbocycles. The molecule has 0 saturated carbocycles. The second kappa shape index (κ2) is 10.7. The van der Waals surface area contributed by atoms with Crippen molar-refractivity contribution in [2.75, 3.05) is 54.5 Å². The fourth-order valence-electron chi connectivity index (χ4n) is 5.01. The van der Waals surface area contributed by atoms with Crippen molar-refractivity contribution < 1.29 is 9.53 Å². The molecule has 0 spiro atoms. The van der Waals surface area contributed by atoms with Crippen LogP contribution in [0.15, 0.2) is 30.3 Å². The third-order valence-corrected chi connectivity index (χ3v) is 6.78. The van der Waals surface area contributed by atoms with Gasteiger partial charge >= 0.3 is 6.03 Å². The molecule has 2 aliphatic heterocycles. The molecule has 2 N–H and O–H groups in total. The van der Waals surface area contributed by atoms with Gasteiger partial charge in [-0.3, -0.25) is 0 Å². The van der Waals surface area contributed by atoms with Gasteiger partial charge in [-0.1, -0.05) is 0 Å². The van der Waals surface area contributed by atoms with Crippen LogP contribution in [0, 0.1) is 13.8 Å². The van der Waals surface area contributed by atoms with Crippen LogP contribution in [0.5, 0.6) is 0 Å². The van der Waals surface area contributed by atoms with Crippen LogP contribution in [0.1, 0.15) is 42.7 Å². The standard InChI is InChI=1S/C27H34N8O2/c1-5-28-27(36)31-21-8-6-20(7-9-21)25-32-24-18(3)35(23-16-17(2)29-19(4)30-23)11-10-22(24)26(33-25)34-12-14-37-15-13-34/h6-9,16,18H,5,10-15H2,1-4H3,(H2,28,31,36)/t18-/m1/s1. The number of hydrogen-bond acceptors (Lipinski definition) is 8. The van der Waals surface area contributed by atoms with Gasteiger partial charge in [0.25, 0.3) is 0 Å². The second-order valence-electron chi connectivity index (χ2n) is 9.43. The van der Waals surface area contributed by atoms with Gasteiger partial charge in [0, 0.05) is 54.8 Å². The average molecular weight is 503 g/mol. The minimum absolute atomic E-state index is 0.0256. The maximum absolute atomic E-state index is 11.9. The summed E-state index contributed by atoms with van der Waals surface area (Å²) < 4.78 is 5.61. The Bertz CT molecular complexity index is 1250. The molecule has 0 radical (unpaired) electrons. The van der Waals surface area contributed by atoms with Gasteiger partial charge < -0.3 is 25.2 Å². The zero-order chi connectivity index (χ0) is 25.9. The van der Waals surface area contributed by atoms with Crippen LogP contribution in [0.4, 0.5) is 22.1 Å². The summed E-state index contributed by atoms with van der Waals surface area (Å²) >= 11 is 0. The molecule has 1 fully saturated rings. The zero-order valence-electron chi connectivity index (χ0n) is 21.9. The Morgan fingerprint density at radius 2 is 1.81 bits per heavy atom. The van der Waals surface area contributed by atoms with E-state index in [-0.39, 0.29) is 12.1 Å². The first-order valence-corrected chi connectivity index (χ1v) is 12.9. The summed E-state index contributed by atoms with van der Waals surface area (Å²) in [5, 5.41) is 5.59. The maximum atomic E-state index is 11.9. The number of aromatic nitrogens is 4. The lowest BCUT2D eigenvalue weighted by Gasteiger charge is -2.38. The lowest BCUT2D eigenvalue weighted by atomic mass is 9.97. The third kappa shape index (κ3) is 5.34. The first-order valence-electron chi connectivity index (χ1n) is 12.9. The van der Waals surface area contributed by atoms with Gasteiger partial charge in [-0.25, -0.2) is 24.7 Å². The van der Waals surface area contributed by atoms with E-state index in [1.165, 1.54) is 5.56 Å². The van der Waals surface area contributed by atoms with E-state index in [2.05, 4.69) is 32.3 Å².